The molecule has 3 N–H and O–H groups in total. The van der Waals surface area contributed by atoms with Gasteiger partial charge in [-0.15, -0.1) is 0 Å². The van der Waals surface area contributed by atoms with Crippen molar-refractivity contribution < 1.29 is 23.9 Å². The van der Waals surface area contributed by atoms with Crippen LogP contribution in [0.4, 0.5) is 15.3 Å². The molecule has 24 heavy (non-hydrogen) atoms. The Bertz CT molecular complexity index is 604. The molecule has 1 unspecified atom stereocenters. The van der Waals surface area contributed by atoms with E-state index >= 15 is 0 Å². The number of anilines is 1. The predicted octanol–water partition coefficient (Wildman–Crippen LogP) is 0.761. The number of hydrogen-bond acceptors (Lipinski definition) is 5. The molecule has 9 heteroatoms. The average molecular weight is 336 g/mol. The molecule has 1 saturated heterocycles. The summed E-state index contributed by atoms with van der Waals surface area (Å²) >= 11 is 0. The summed E-state index contributed by atoms with van der Waals surface area (Å²) in [5, 5.41) is 2.61. The maximum Gasteiger partial charge on any atom is 0.425 e. The summed E-state index contributed by atoms with van der Waals surface area (Å²) in [5.41, 5.74) is 4.91. The number of urea groups is 1. The second kappa shape index (κ2) is 8.04. The molecule has 1 aliphatic heterocycles. The second-order valence-electron chi connectivity index (χ2n) is 5.05. The van der Waals surface area contributed by atoms with Gasteiger partial charge in [0.25, 0.3) is 0 Å². The first-order chi connectivity index (χ1) is 11.5. The maximum absolute atomic E-state index is 12.1. The highest BCUT2D eigenvalue weighted by Crippen LogP contribution is 2.24. The van der Waals surface area contributed by atoms with Gasteiger partial charge in [0, 0.05) is 18.7 Å². The number of nitrogens with zero attached hydrogens (tertiary/aromatic N) is 1. The molecule has 1 aliphatic rings. The van der Waals surface area contributed by atoms with Crippen LogP contribution in [0.5, 0.6) is 5.75 Å². The first kappa shape index (κ1) is 17.4. The van der Waals surface area contributed by atoms with Crippen LogP contribution < -0.4 is 25.8 Å². The van der Waals surface area contributed by atoms with Gasteiger partial charge in [-0.25, -0.2) is 20.4 Å². The fraction of sp³-hybridized carbons (Fsp3) is 0.400. The molecule has 0 bridgehead atoms. The van der Waals surface area contributed by atoms with E-state index < -0.39 is 12.1 Å². The first-order valence-corrected chi connectivity index (χ1v) is 7.47. The zero-order valence-corrected chi connectivity index (χ0v) is 13.5. The molecule has 9 nitrogen and oxygen atoms in total. The molecule has 0 aromatic heterocycles. The highest BCUT2D eigenvalue weighted by Gasteiger charge is 2.31. The quantitative estimate of drug-likeness (QED) is 0.704. The van der Waals surface area contributed by atoms with E-state index in [2.05, 4.69) is 15.5 Å². The Morgan fingerprint density at radius 2 is 1.96 bits per heavy atom. The summed E-state index contributed by atoms with van der Waals surface area (Å²) in [6, 6.07) is 6.20. The van der Waals surface area contributed by atoms with E-state index in [-0.39, 0.29) is 18.4 Å². The molecule has 0 aliphatic carbocycles. The van der Waals surface area contributed by atoms with Crippen LogP contribution in [0.1, 0.15) is 13.3 Å². The Balaban J connectivity index is 1.88. The number of hydrazine groups is 1. The Labute approximate surface area is 139 Å². The third-order valence-corrected chi connectivity index (χ3v) is 3.38. The largest absolute Gasteiger partial charge is 0.494 e. The monoisotopic (exact) mass is 336 g/mol. The van der Waals surface area contributed by atoms with Crippen molar-refractivity contribution in [3.05, 3.63) is 24.3 Å². The van der Waals surface area contributed by atoms with Gasteiger partial charge in [-0.1, -0.05) is 0 Å². The number of carbonyl (C=O) groups is 3. The molecule has 130 valence electrons. The molecule has 2 rings (SSSR count). The van der Waals surface area contributed by atoms with Crippen LogP contribution in [0, 0.1) is 0 Å². The molecular formula is C15H20N4O5. The van der Waals surface area contributed by atoms with Crippen LogP contribution in [0.3, 0.4) is 0 Å². The number of amides is 4. The lowest BCUT2D eigenvalue weighted by Crippen LogP contribution is -2.50. The summed E-state index contributed by atoms with van der Waals surface area (Å²) in [6.07, 6.45) is -0.609. The van der Waals surface area contributed by atoms with Crippen LogP contribution in [-0.2, 0) is 9.53 Å². The van der Waals surface area contributed by atoms with Crippen molar-refractivity contribution in [1.29, 1.82) is 0 Å². The topological polar surface area (TPSA) is 109 Å². The normalized spacial score (nSPS) is 16.5. The lowest BCUT2D eigenvalue weighted by molar-refractivity contribution is -0.117. The molecule has 1 atom stereocenters. The van der Waals surface area contributed by atoms with E-state index in [0.717, 1.165) is 11.4 Å². The highest BCUT2D eigenvalue weighted by molar-refractivity contribution is 5.96. The third-order valence-electron chi connectivity index (χ3n) is 3.38. The fourth-order valence-electron chi connectivity index (χ4n) is 2.32. The van der Waals surface area contributed by atoms with E-state index in [1.54, 1.807) is 29.2 Å². The summed E-state index contributed by atoms with van der Waals surface area (Å²) in [7, 11) is 1.18. The maximum atomic E-state index is 12.1. The number of ether oxygens (including phenoxy) is 2. The van der Waals surface area contributed by atoms with Crippen LogP contribution in [-0.4, -0.2) is 44.3 Å². The zero-order valence-electron chi connectivity index (χ0n) is 13.5. The number of rotatable bonds is 4. The van der Waals surface area contributed by atoms with Crippen LogP contribution >= 0.6 is 0 Å². The summed E-state index contributed by atoms with van der Waals surface area (Å²) < 4.78 is 9.69. The summed E-state index contributed by atoms with van der Waals surface area (Å²) in [6.45, 7) is 2.81. The van der Waals surface area contributed by atoms with E-state index in [9.17, 15) is 14.4 Å². The first-order valence-electron chi connectivity index (χ1n) is 7.47. The van der Waals surface area contributed by atoms with E-state index in [1.165, 1.54) is 7.11 Å². The standard InChI is InChI=1S/C15H20N4O5/c1-3-24-12-6-4-11(5-7-12)19-9-10(8-13(19)20)16-14(21)17-18-15(22)23-2/h4-7,10H,3,8-9H2,1-2H3,(H,18,22)(H2,16,17,21). The molecule has 0 spiro atoms. The van der Waals surface area contributed by atoms with Crippen LogP contribution in [0.15, 0.2) is 24.3 Å². The van der Waals surface area contributed by atoms with Gasteiger partial charge in [-0.3, -0.25) is 4.79 Å². The fourth-order valence-corrected chi connectivity index (χ4v) is 2.32. The molecule has 1 aromatic rings. The Kier molecular flexibility index (Phi) is 5.83. The summed E-state index contributed by atoms with van der Waals surface area (Å²) in [5.74, 6) is 0.640. The lowest BCUT2D eigenvalue weighted by atomic mass is 10.2. The Hall–Kier alpha value is -2.97. The van der Waals surface area contributed by atoms with Gasteiger partial charge >= 0.3 is 12.1 Å². The third kappa shape index (κ3) is 4.51. The van der Waals surface area contributed by atoms with Gasteiger partial charge in [0.1, 0.15) is 5.75 Å². The van der Waals surface area contributed by atoms with E-state index in [4.69, 9.17) is 4.74 Å². The van der Waals surface area contributed by atoms with Crippen molar-refractivity contribution >= 4 is 23.7 Å². The van der Waals surface area contributed by atoms with Crippen LogP contribution in [0.2, 0.25) is 0 Å². The van der Waals surface area contributed by atoms with Crippen molar-refractivity contribution in [2.24, 2.45) is 0 Å². The van der Waals surface area contributed by atoms with Crippen molar-refractivity contribution in [2.45, 2.75) is 19.4 Å². The number of carbonyl (C=O) groups excluding carboxylic acids is 3. The van der Waals surface area contributed by atoms with Crippen LogP contribution in [0.25, 0.3) is 0 Å². The minimum absolute atomic E-state index is 0.0922. The zero-order chi connectivity index (χ0) is 17.5. The molecule has 4 amide bonds. The van der Waals surface area contributed by atoms with Crippen molar-refractivity contribution in [3.8, 4) is 5.75 Å². The Morgan fingerprint density at radius 1 is 1.25 bits per heavy atom. The molecule has 1 fully saturated rings. The van der Waals surface area contributed by atoms with E-state index in [1.807, 2.05) is 12.3 Å². The van der Waals surface area contributed by atoms with Gasteiger partial charge in [-0.2, -0.15) is 0 Å². The SMILES string of the molecule is CCOc1ccc(N2CC(NC(=O)NNC(=O)OC)CC2=O)cc1. The second-order valence-corrected chi connectivity index (χ2v) is 5.05. The van der Waals surface area contributed by atoms with Gasteiger partial charge in [0.2, 0.25) is 5.91 Å². The highest BCUT2D eigenvalue weighted by atomic mass is 16.5. The van der Waals surface area contributed by atoms with Gasteiger partial charge in [0.05, 0.1) is 19.8 Å². The number of benzene rings is 1. The molecule has 0 radical (unpaired) electrons. The molecular weight excluding hydrogens is 316 g/mol. The van der Waals surface area contributed by atoms with E-state index in [0.29, 0.717) is 13.2 Å². The Morgan fingerprint density at radius 3 is 2.58 bits per heavy atom. The van der Waals surface area contributed by atoms with Gasteiger partial charge in [0.15, 0.2) is 0 Å². The number of hydrogen-bond donors (Lipinski definition) is 3. The minimum atomic E-state index is -0.788. The molecule has 0 saturated carbocycles. The minimum Gasteiger partial charge on any atom is -0.494 e. The average Bonchev–Trinajstić information content (AvgIpc) is 2.94. The van der Waals surface area contributed by atoms with Gasteiger partial charge in [-0.05, 0) is 31.2 Å². The van der Waals surface area contributed by atoms with Crippen molar-refractivity contribution in [1.82, 2.24) is 16.2 Å². The smallest absolute Gasteiger partial charge is 0.425 e. The van der Waals surface area contributed by atoms with Gasteiger partial charge < -0.3 is 19.7 Å². The van der Waals surface area contributed by atoms with Crippen molar-refractivity contribution in [3.63, 3.8) is 0 Å². The summed E-state index contributed by atoms with van der Waals surface area (Å²) in [4.78, 5) is 36.2. The molecule has 1 heterocycles. The predicted molar refractivity (Wildman–Crippen MR) is 85.6 cm³/mol. The molecule has 1 aromatic carbocycles. The van der Waals surface area contributed by atoms with Crippen molar-refractivity contribution in [2.75, 3.05) is 25.2 Å². The lowest BCUT2D eigenvalue weighted by Gasteiger charge is -2.18. The number of methoxy groups -OCH3 is 1. The number of nitrogens with one attached hydrogen (secondary N) is 3.